The van der Waals surface area contributed by atoms with E-state index in [9.17, 15) is 0 Å². The minimum atomic E-state index is 1.17. The van der Waals surface area contributed by atoms with Gasteiger partial charge in [-0.05, 0) is 123 Å². The first-order chi connectivity index (χ1) is 27.3. The van der Waals surface area contributed by atoms with Gasteiger partial charge in [0.05, 0.1) is 11.0 Å². The van der Waals surface area contributed by atoms with Crippen LogP contribution in [0.4, 0.5) is 0 Å². The summed E-state index contributed by atoms with van der Waals surface area (Å²) in [5.74, 6) is 0. The lowest BCUT2D eigenvalue weighted by Gasteiger charge is -2.18. The van der Waals surface area contributed by atoms with Crippen molar-refractivity contribution in [2.45, 2.75) is 0 Å². The number of aromatic nitrogens is 1. The summed E-state index contributed by atoms with van der Waals surface area (Å²) in [5.41, 5.74) is 8.51. The lowest BCUT2D eigenvalue weighted by atomic mass is 9.85. The Bertz CT molecular complexity index is 3530. The number of hydrogen-bond acceptors (Lipinski definition) is 0. The summed E-state index contributed by atoms with van der Waals surface area (Å²) in [6, 6.07) is 74.1. The highest BCUT2D eigenvalue weighted by Crippen LogP contribution is 2.46. The van der Waals surface area contributed by atoms with Crippen LogP contribution in [-0.4, -0.2) is 4.57 Å². The Morgan fingerprint density at radius 2 is 0.745 bits per heavy atom. The second-order valence-electron chi connectivity index (χ2n) is 14.8. The van der Waals surface area contributed by atoms with Crippen molar-refractivity contribution in [3.63, 3.8) is 0 Å². The molecule has 0 atom stereocenters. The van der Waals surface area contributed by atoms with Gasteiger partial charge < -0.3 is 4.57 Å². The molecule has 1 nitrogen and oxygen atoms in total. The van der Waals surface area contributed by atoms with Gasteiger partial charge in [0.25, 0.3) is 0 Å². The predicted octanol–water partition coefficient (Wildman–Crippen LogP) is 15.0. The van der Waals surface area contributed by atoms with Crippen LogP contribution in [0.3, 0.4) is 0 Å². The molecule has 0 saturated heterocycles. The van der Waals surface area contributed by atoms with Crippen LogP contribution in [0.15, 0.2) is 200 Å². The molecule has 0 aliphatic carbocycles. The first-order valence-corrected chi connectivity index (χ1v) is 19.1. The van der Waals surface area contributed by atoms with E-state index in [0.29, 0.717) is 0 Å². The van der Waals surface area contributed by atoms with Crippen LogP contribution in [-0.2, 0) is 0 Å². The van der Waals surface area contributed by atoms with Crippen LogP contribution in [0.2, 0.25) is 0 Å². The SMILES string of the molecule is c1ccc(-n2c3ccccc3c3ccc(-c4ccc5c6cc(-c7cccc8ccccc78)ccc6c6c7ccccc7c7ccccc7c6c5c4)cc32)cc1. The average molecular weight is 696 g/mol. The molecular formula is C54H33N. The van der Waals surface area contributed by atoms with Crippen LogP contribution < -0.4 is 0 Å². The molecule has 0 radical (unpaired) electrons. The van der Waals surface area contributed by atoms with E-state index in [0.717, 1.165) is 0 Å². The Morgan fingerprint density at radius 3 is 1.53 bits per heavy atom. The number of rotatable bonds is 3. The normalized spacial score (nSPS) is 12.0. The number of nitrogens with zero attached hydrogens (tertiary/aromatic N) is 1. The molecule has 0 aliphatic heterocycles. The van der Waals surface area contributed by atoms with E-state index >= 15 is 0 Å². The zero-order chi connectivity index (χ0) is 36.0. The van der Waals surface area contributed by atoms with Crippen LogP contribution in [0.25, 0.3) is 114 Å². The van der Waals surface area contributed by atoms with E-state index in [1.807, 2.05) is 0 Å². The summed E-state index contributed by atoms with van der Waals surface area (Å²) >= 11 is 0. The van der Waals surface area contributed by atoms with Crippen molar-refractivity contribution in [1.29, 1.82) is 0 Å². The molecule has 0 bridgehead atoms. The Morgan fingerprint density at radius 1 is 0.255 bits per heavy atom. The van der Waals surface area contributed by atoms with Gasteiger partial charge in [-0.1, -0.05) is 164 Å². The van der Waals surface area contributed by atoms with E-state index in [-0.39, 0.29) is 0 Å². The molecular weight excluding hydrogens is 663 g/mol. The second kappa shape index (κ2) is 11.6. The number of fused-ring (bicyclic) bond motifs is 15. The number of hydrogen-bond donors (Lipinski definition) is 0. The predicted molar refractivity (Wildman–Crippen MR) is 237 cm³/mol. The Labute approximate surface area is 317 Å². The lowest BCUT2D eigenvalue weighted by molar-refractivity contribution is 1.18. The molecule has 11 aromatic carbocycles. The maximum atomic E-state index is 2.46. The van der Waals surface area contributed by atoms with Crippen molar-refractivity contribution < 1.29 is 0 Å². The number of para-hydroxylation sites is 2. The van der Waals surface area contributed by atoms with E-state index < -0.39 is 0 Å². The Hall–Kier alpha value is -7.22. The highest BCUT2D eigenvalue weighted by Gasteiger charge is 2.19. The molecule has 0 aliphatic rings. The highest BCUT2D eigenvalue weighted by molar-refractivity contribution is 6.39. The van der Waals surface area contributed by atoms with Crippen LogP contribution >= 0.6 is 0 Å². The molecule has 0 amide bonds. The molecule has 55 heavy (non-hydrogen) atoms. The maximum absolute atomic E-state index is 2.46. The van der Waals surface area contributed by atoms with E-state index in [1.165, 1.54) is 114 Å². The zero-order valence-corrected chi connectivity index (χ0v) is 30.0. The van der Waals surface area contributed by atoms with Crippen molar-refractivity contribution in [1.82, 2.24) is 4.57 Å². The van der Waals surface area contributed by atoms with Crippen molar-refractivity contribution in [2.75, 3.05) is 0 Å². The van der Waals surface area contributed by atoms with Gasteiger partial charge in [0, 0.05) is 16.5 Å². The van der Waals surface area contributed by atoms with Gasteiger partial charge >= 0.3 is 0 Å². The fourth-order valence-corrected chi connectivity index (χ4v) is 9.50. The van der Waals surface area contributed by atoms with Crippen molar-refractivity contribution >= 4 is 86.4 Å². The molecule has 0 fully saturated rings. The van der Waals surface area contributed by atoms with E-state index in [2.05, 4.69) is 205 Å². The molecule has 1 heterocycles. The van der Waals surface area contributed by atoms with Gasteiger partial charge in [-0.3, -0.25) is 0 Å². The van der Waals surface area contributed by atoms with Crippen LogP contribution in [0.5, 0.6) is 0 Å². The first kappa shape index (κ1) is 30.3. The molecule has 0 N–H and O–H groups in total. The smallest absolute Gasteiger partial charge is 0.0547 e. The molecule has 0 unspecified atom stereocenters. The Balaban J connectivity index is 1.19. The van der Waals surface area contributed by atoms with E-state index in [4.69, 9.17) is 0 Å². The van der Waals surface area contributed by atoms with Gasteiger partial charge in [0.1, 0.15) is 0 Å². The molecule has 12 aromatic rings. The topological polar surface area (TPSA) is 4.93 Å². The molecule has 1 aromatic heterocycles. The minimum Gasteiger partial charge on any atom is -0.309 e. The maximum Gasteiger partial charge on any atom is 0.0547 e. The second-order valence-corrected chi connectivity index (χ2v) is 14.8. The monoisotopic (exact) mass is 695 g/mol. The summed E-state index contributed by atoms with van der Waals surface area (Å²) in [4.78, 5) is 0. The third-order valence-corrected chi connectivity index (χ3v) is 11.9. The van der Waals surface area contributed by atoms with Crippen molar-refractivity contribution in [3.8, 4) is 27.9 Å². The molecule has 12 rings (SSSR count). The molecule has 0 spiro atoms. The molecule has 1 heteroatoms. The standard InChI is InChI=1S/C54H33N/c1-2-15-38(16-3-1)55-51-24-11-10-20-44(51)45-29-26-36(33-52(45)55)35-25-28-43-49-32-37(40-23-12-14-34-13-4-5-17-39(34)40)27-30-48(49)53-46-21-8-6-18-41(46)42-19-7-9-22-47(42)54(53)50(43)31-35/h1-33H. The largest absolute Gasteiger partial charge is 0.309 e. The molecule has 0 saturated carbocycles. The number of benzene rings is 11. The third kappa shape index (κ3) is 4.41. The fraction of sp³-hybridized carbons (Fsp3) is 0. The highest BCUT2D eigenvalue weighted by atomic mass is 15.0. The van der Waals surface area contributed by atoms with Gasteiger partial charge in [-0.15, -0.1) is 0 Å². The quantitative estimate of drug-likeness (QED) is 0.162. The first-order valence-electron chi connectivity index (χ1n) is 19.1. The van der Waals surface area contributed by atoms with Gasteiger partial charge in [-0.25, -0.2) is 0 Å². The third-order valence-electron chi connectivity index (χ3n) is 11.9. The molecule has 254 valence electrons. The Kier molecular flexibility index (Phi) is 6.40. The van der Waals surface area contributed by atoms with Gasteiger partial charge in [-0.2, -0.15) is 0 Å². The lowest BCUT2D eigenvalue weighted by Crippen LogP contribution is -1.93. The minimum absolute atomic E-state index is 1.17. The average Bonchev–Trinajstić information content (AvgIpc) is 3.59. The summed E-state index contributed by atoms with van der Waals surface area (Å²) in [6.07, 6.45) is 0. The summed E-state index contributed by atoms with van der Waals surface area (Å²) in [6.45, 7) is 0. The van der Waals surface area contributed by atoms with Gasteiger partial charge in [0.15, 0.2) is 0 Å². The van der Waals surface area contributed by atoms with Crippen molar-refractivity contribution in [2.24, 2.45) is 0 Å². The zero-order valence-electron chi connectivity index (χ0n) is 30.0. The van der Waals surface area contributed by atoms with E-state index in [1.54, 1.807) is 0 Å². The van der Waals surface area contributed by atoms with Crippen LogP contribution in [0, 0.1) is 0 Å². The van der Waals surface area contributed by atoms with Crippen molar-refractivity contribution in [3.05, 3.63) is 200 Å². The van der Waals surface area contributed by atoms with Crippen LogP contribution in [0.1, 0.15) is 0 Å². The summed E-state index contributed by atoms with van der Waals surface area (Å²) in [5, 5.41) is 18.0. The fourth-order valence-electron chi connectivity index (χ4n) is 9.50. The summed E-state index contributed by atoms with van der Waals surface area (Å²) < 4.78 is 2.41. The summed E-state index contributed by atoms with van der Waals surface area (Å²) in [7, 11) is 0. The van der Waals surface area contributed by atoms with Gasteiger partial charge in [0.2, 0.25) is 0 Å².